The lowest BCUT2D eigenvalue weighted by atomic mass is 10.1. The molecule has 2 amide bonds. The van der Waals surface area contributed by atoms with Crippen molar-refractivity contribution in [2.24, 2.45) is 0 Å². The van der Waals surface area contributed by atoms with E-state index < -0.39 is 0 Å². The number of likely N-dealkylation sites (N-methyl/N-ethyl adjacent to an activating group) is 1. The highest BCUT2D eigenvalue weighted by molar-refractivity contribution is 5.93. The van der Waals surface area contributed by atoms with Crippen LogP contribution in [0.3, 0.4) is 0 Å². The molecule has 2 aromatic carbocycles. The van der Waals surface area contributed by atoms with Crippen LogP contribution in [0.2, 0.25) is 0 Å². The molecule has 4 aromatic rings. The highest BCUT2D eigenvalue weighted by Crippen LogP contribution is 2.37. The van der Waals surface area contributed by atoms with E-state index in [0.717, 1.165) is 65.1 Å². The molecule has 0 fully saturated rings. The minimum Gasteiger partial charge on any atom is -0.457 e. The van der Waals surface area contributed by atoms with E-state index in [1.807, 2.05) is 43.3 Å². The third-order valence-corrected chi connectivity index (χ3v) is 7.28. The number of furan rings is 1. The van der Waals surface area contributed by atoms with Crippen molar-refractivity contribution >= 4 is 40.4 Å². The Bertz CT molecular complexity index is 1620. The standard InChI is InChI=1S/C31H30N4O4/c1-19-25(18-35(2)29(37)12-9-20-15-22-5-3-8-28(36)34-31(22)33-17-20)24-6-4-7-27(30(24)38-19)39-23-10-11-26-21(16-23)13-14-32-26/h4,6-7,9-12,15-17,32H,3,5,8,13-14,18H2,1-2H3,(H,33,34,36)/b12-9+. The Balaban J connectivity index is 1.17. The predicted octanol–water partition coefficient (Wildman–Crippen LogP) is 5.84. The number of aryl methyl sites for hydroxylation is 2. The molecule has 0 radical (unpaired) electrons. The molecule has 2 N–H and O–H groups in total. The van der Waals surface area contributed by atoms with Gasteiger partial charge in [0.2, 0.25) is 11.8 Å². The second-order valence-electron chi connectivity index (χ2n) is 10.1. The molecule has 2 aromatic heterocycles. The lowest BCUT2D eigenvalue weighted by Crippen LogP contribution is -2.24. The maximum atomic E-state index is 13.0. The zero-order valence-corrected chi connectivity index (χ0v) is 22.0. The van der Waals surface area contributed by atoms with E-state index in [4.69, 9.17) is 9.15 Å². The van der Waals surface area contributed by atoms with E-state index in [1.54, 1.807) is 30.3 Å². The fourth-order valence-electron chi connectivity index (χ4n) is 5.18. The van der Waals surface area contributed by atoms with Crippen LogP contribution in [0.4, 0.5) is 11.5 Å². The first kappa shape index (κ1) is 24.7. The molecule has 0 atom stereocenters. The van der Waals surface area contributed by atoms with Crippen LogP contribution in [0, 0.1) is 6.92 Å². The SMILES string of the molecule is Cc1oc2c(Oc3ccc4c(c3)CCN4)cccc2c1CN(C)C(=O)/C=C/c1cnc2c(c1)CCCC(=O)N2. The van der Waals surface area contributed by atoms with Crippen LogP contribution in [0.15, 0.2) is 59.2 Å². The average molecular weight is 523 g/mol. The van der Waals surface area contributed by atoms with Crippen molar-refractivity contribution in [2.75, 3.05) is 24.2 Å². The summed E-state index contributed by atoms with van der Waals surface area (Å²) in [5, 5.41) is 7.12. The summed E-state index contributed by atoms with van der Waals surface area (Å²) in [5.41, 5.74) is 5.82. The van der Waals surface area contributed by atoms with Crippen LogP contribution in [-0.2, 0) is 29.0 Å². The van der Waals surface area contributed by atoms with Gasteiger partial charge >= 0.3 is 0 Å². The van der Waals surface area contributed by atoms with Crippen LogP contribution in [0.1, 0.15) is 40.9 Å². The molecule has 0 bridgehead atoms. The molecule has 8 nitrogen and oxygen atoms in total. The number of aromatic nitrogens is 1. The van der Waals surface area contributed by atoms with Gasteiger partial charge in [0, 0.05) is 55.5 Å². The van der Waals surface area contributed by atoms with Gasteiger partial charge in [-0.05, 0) is 79.3 Å². The van der Waals surface area contributed by atoms with Crippen LogP contribution in [0.5, 0.6) is 11.5 Å². The molecule has 2 aliphatic rings. The maximum absolute atomic E-state index is 13.0. The number of amides is 2. The molecule has 39 heavy (non-hydrogen) atoms. The number of hydrogen-bond acceptors (Lipinski definition) is 6. The monoisotopic (exact) mass is 522 g/mol. The molecular formula is C31H30N4O4. The summed E-state index contributed by atoms with van der Waals surface area (Å²) in [6.07, 6.45) is 8.01. The number of para-hydroxylation sites is 1. The van der Waals surface area contributed by atoms with Gasteiger partial charge in [0.05, 0.1) is 0 Å². The van der Waals surface area contributed by atoms with Gasteiger partial charge in [-0.25, -0.2) is 4.98 Å². The number of nitrogens with one attached hydrogen (secondary N) is 2. The lowest BCUT2D eigenvalue weighted by Gasteiger charge is -2.15. The van der Waals surface area contributed by atoms with E-state index in [0.29, 0.717) is 30.1 Å². The van der Waals surface area contributed by atoms with Gasteiger partial charge < -0.3 is 24.7 Å². The van der Waals surface area contributed by atoms with Crippen LogP contribution >= 0.6 is 0 Å². The number of nitrogens with zero attached hydrogens (tertiary/aromatic N) is 2. The fourth-order valence-corrected chi connectivity index (χ4v) is 5.18. The molecule has 6 rings (SSSR count). The highest BCUT2D eigenvalue weighted by atomic mass is 16.5. The van der Waals surface area contributed by atoms with E-state index >= 15 is 0 Å². The number of carbonyl (C=O) groups excluding carboxylic acids is 2. The highest BCUT2D eigenvalue weighted by Gasteiger charge is 2.19. The Hall–Kier alpha value is -4.59. The minimum atomic E-state index is -0.133. The van der Waals surface area contributed by atoms with Crippen molar-refractivity contribution < 1.29 is 18.7 Å². The van der Waals surface area contributed by atoms with Crippen molar-refractivity contribution in [2.45, 2.75) is 39.2 Å². The number of pyridine rings is 1. The second-order valence-corrected chi connectivity index (χ2v) is 10.1. The summed E-state index contributed by atoms with van der Waals surface area (Å²) < 4.78 is 12.4. The van der Waals surface area contributed by atoms with E-state index in [1.165, 1.54) is 5.56 Å². The zero-order chi connectivity index (χ0) is 26.9. The molecule has 0 spiro atoms. The second kappa shape index (κ2) is 10.3. The molecule has 0 aliphatic carbocycles. The number of benzene rings is 2. The molecule has 0 saturated heterocycles. The van der Waals surface area contributed by atoms with Gasteiger partial charge in [0.1, 0.15) is 17.3 Å². The summed E-state index contributed by atoms with van der Waals surface area (Å²) in [4.78, 5) is 30.8. The first-order chi connectivity index (χ1) is 18.9. The van der Waals surface area contributed by atoms with Gasteiger partial charge in [-0.3, -0.25) is 9.59 Å². The van der Waals surface area contributed by atoms with Crippen LogP contribution in [-0.4, -0.2) is 35.3 Å². The van der Waals surface area contributed by atoms with Crippen LogP contribution in [0.25, 0.3) is 17.0 Å². The predicted molar refractivity (Wildman–Crippen MR) is 151 cm³/mol. The third-order valence-electron chi connectivity index (χ3n) is 7.28. The molecule has 0 saturated carbocycles. The normalized spacial score (nSPS) is 14.5. The van der Waals surface area contributed by atoms with E-state index in [2.05, 4.69) is 21.7 Å². The van der Waals surface area contributed by atoms with Crippen molar-refractivity contribution in [1.82, 2.24) is 9.88 Å². The quantitative estimate of drug-likeness (QED) is 0.309. The molecule has 4 heterocycles. The van der Waals surface area contributed by atoms with E-state index in [-0.39, 0.29) is 11.8 Å². The third kappa shape index (κ3) is 5.10. The van der Waals surface area contributed by atoms with Crippen molar-refractivity contribution in [3.05, 3.63) is 82.8 Å². The van der Waals surface area contributed by atoms with Gasteiger partial charge in [0.25, 0.3) is 0 Å². The smallest absolute Gasteiger partial charge is 0.246 e. The lowest BCUT2D eigenvalue weighted by molar-refractivity contribution is -0.125. The summed E-state index contributed by atoms with van der Waals surface area (Å²) in [6, 6.07) is 13.9. The van der Waals surface area contributed by atoms with Gasteiger partial charge in [-0.2, -0.15) is 0 Å². The number of ether oxygens (including phenoxy) is 1. The minimum absolute atomic E-state index is 0.0112. The summed E-state index contributed by atoms with van der Waals surface area (Å²) in [5.74, 6) is 2.63. The number of fused-ring (bicyclic) bond motifs is 3. The average Bonchev–Trinajstić information content (AvgIpc) is 3.46. The number of anilines is 2. The first-order valence-corrected chi connectivity index (χ1v) is 13.2. The Kier molecular flexibility index (Phi) is 6.52. The number of rotatable bonds is 6. The van der Waals surface area contributed by atoms with Crippen molar-refractivity contribution in [3.8, 4) is 11.5 Å². The van der Waals surface area contributed by atoms with E-state index in [9.17, 15) is 9.59 Å². The summed E-state index contributed by atoms with van der Waals surface area (Å²) >= 11 is 0. The largest absolute Gasteiger partial charge is 0.457 e. The number of hydrogen-bond donors (Lipinski definition) is 2. The fraction of sp³-hybridized carbons (Fsp3) is 0.258. The van der Waals surface area contributed by atoms with Gasteiger partial charge in [0.15, 0.2) is 11.3 Å². The van der Waals surface area contributed by atoms with Crippen LogP contribution < -0.4 is 15.4 Å². The van der Waals surface area contributed by atoms with Gasteiger partial charge in [-0.15, -0.1) is 0 Å². The molecule has 198 valence electrons. The Morgan fingerprint density at radius 2 is 2.05 bits per heavy atom. The molecule has 0 unspecified atom stereocenters. The molecular weight excluding hydrogens is 492 g/mol. The Labute approximate surface area is 226 Å². The zero-order valence-electron chi connectivity index (χ0n) is 22.0. The Morgan fingerprint density at radius 1 is 1.15 bits per heavy atom. The number of carbonyl (C=O) groups is 2. The summed E-state index contributed by atoms with van der Waals surface area (Å²) in [7, 11) is 1.77. The summed E-state index contributed by atoms with van der Waals surface area (Å²) in [6.45, 7) is 3.25. The van der Waals surface area contributed by atoms with Crippen molar-refractivity contribution in [3.63, 3.8) is 0 Å². The Morgan fingerprint density at radius 3 is 2.95 bits per heavy atom. The molecule has 8 heteroatoms. The maximum Gasteiger partial charge on any atom is 0.246 e. The topological polar surface area (TPSA) is 96.7 Å². The van der Waals surface area contributed by atoms with Crippen molar-refractivity contribution in [1.29, 1.82) is 0 Å². The first-order valence-electron chi connectivity index (χ1n) is 13.2. The van der Waals surface area contributed by atoms with Gasteiger partial charge in [-0.1, -0.05) is 12.1 Å². The molecule has 2 aliphatic heterocycles.